The minimum absolute atomic E-state index is 0.0885. The molecule has 0 radical (unpaired) electrons. The number of nitrogens with zero attached hydrogens (tertiary/aromatic N) is 7. The highest BCUT2D eigenvalue weighted by Gasteiger charge is 2.23. The number of fused-ring (bicyclic) bond motifs is 2. The van der Waals surface area contributed by atoms with Gasteiger partial charge in [-0.15, -0.1) is 0 Å². The van der Waals surface area contributed by atoms with E-state index in [-0.39, 0.29) is 59.9 Å². The molecule has 0 atom stereocenters. The maximum absolute atomic E-state index is 13.7. The largest absolute Gasteiger partial charge is 0.494 e. The molecule has 0 saturated carbocycles. The number of methoxy groups -OCH3 is 1. The molecule has 2 aromatic carbocycles. The zero-order valence-electron chi connectivity index (χ0n) is 36.1. The number of rotatable bonds is 20. The monoisotopic (exact) mass is 865 g/mol. The number of morpholine rings is 1. The quantitative estimate of drug-likeness (QED) is 0.0552. The van der Waals surface area contributed by atoms with E-state index in [1.165, 1.54) is 43.5 Å². The van der Waals surface area contributed by atoms with Crippen LogP contribution in [-0.4, -0.2) is 119 Å². The number of nitrogens with one attached hydrogen (secondary N) is 2. The third kappa shape index (κ3) is 12.2. The molecule has 0 bridgehead atoms. The Morgan fingerprint density at radius 3 is 1.62 bits per heavy atom. The number of allylic oxidation sites excluding steroid dienone is 4. The molecule has 0 unspecified atom stereocenters. The van der Waals surface area contributed by atoms with Crippen LogP contribution in [0.4, 0.5) is 11.9 Å². The average Bonchev–Trinajstić information content (AvgIpc) is 3.77. The van der Waals surface area contributed by atoms with E-state index >= 15 is 0 Å². The van der Waals surface area contributed by atoms with Gasteiger partial charge in [0.2, 0.25) is 23.7 Å². The Hall–Kier alpha value is -7.32. The number of carbonyl (C=O) groups excluding carboxylic acids is 4. The molecule has 10 N–H and O–H groups in total. The van der Waals surface area contributed by atoms with Gasteiger partial charge >= 0.3 is 0 Å². The highest BCUT2D eigenvalue weighted by Crippen LogP contribution is 2.33. The number of primary amides is 2. The first-order valence-corrected chi connectivity index (χ1v) is 20.3. The van der Waals surface area contributed by atoms with E-state index < -0.39 is 23.6 Å². The molecular formula is C43H55N13O7. The van der Waals surface area contributed by atoms with Gasteiger partial charge in [-0.1, -0.05) is 24.3 Å². The van der Waals surface area contributed by atoms with E-state index in [1.54, 1.807) is 42.9 Å². The van der Waals surface area contributed by atoms with Gasteiger partial charge in [0.1, 0.15) is 40.6 Å². The SMILES string of the molecule is CCN=C(/C=C(/C)N)C(=O)Nc1nc2cc(C(N)=O)cc(OC)c2n1C/C=C/Cn1c(NC(=O)C(/C=C(/C)N)=NCC)nc2cc(C(N)=O)cc(OC/C=C/CN3CCOCC3)c21. The third-order valence-corrected chi connectivity index (χ3v) is 9.42. The summed E-state index contributed by atoms with van der Waals surface area (Å²) in [5.74, 6) is -1.69. The lowest BCUT2D eigenvalue weighted by atomic mass is 10.1. The molecule has 4 amide bonds. The molecule has 2 aromatic heterocycles. The van der Waals surface area contributed by atoms with Crippen molar-refractivity contribution in [1.29, 1.82) is 0 Å². The summed E-state index contributed by atoms with van der Waals surface area (Å²) < 4.78 is 20.8. The van der Waals surface area contributed by atoms with Crippen molar-refractivity contribution in [2.45, 2.75) is 40.8 Å². The van der Waals surface area contributed by atoms with Gasteiger partial charge in [-0.3, -0.25) is 44.7 Å². The van der Waals surface area contributed by atoms with Crippen molar-refractivity contribution in [3.05, 3.63) is 83.2 Å². The van der Waals surface area contributed by atoms with Crippen LogP contribution in [0.1, 0.15) is 48.4 Å². The van der Waals surface area contributed by atoms with E-state index in [0.717, 1.165) is 13.1 Å². The summed E-state index contributed by atoms with van der Waals surface area (Å²) in [6.07, 6.45) is 10.4. The van der Waals surface area contributed by atoms with Gasteiger partial charge in [0.15, 0.2) is 0 Å². The molecule has 0 aliphatic carbocycles. The maximum atomic E-state index is 13.7. The molecule has 1 fully saturated rings. The van der Waals surface area contributed by atoms with E-state index in [1.807, 2.05) is 18.2 Å². The Labute approximate surface area is 364 Å². The first-order valence-electron chi connectivity index (χ1n) is 20.3. The normalized spacial score (nSPS) is 14.6. The number of aromatic nitrogens is 4. The molecule has 4 aromatic rings. The molecule has 334 valence electrons. The van der Waals surface area contributed by atoms with Gasteiger partial charge < -0.3 is 46.3 Å². The number of amides is 4. The number of nitrogens with two attached hydrogens (primary N) is 4. The number of hydrogen-bond acceptors (Lipinski definition) is 14. The van der Waals surface area contributed by atoms with E-state index in [9.17, 15) is 19.2 Å². The summed E-state index contributed by atoms with van der Waals surface area (Å²) in [6, 6.07) is 6.06. The fourth-order valence-corrected chi connectivity index (χ4v) is 6.60. The van der Waals surface area contributed by atoms with Crippen molar-refractivity contribution < 1.29 is 33.4 Å². The first kappa shape index (κ1) is 46.7. The van der Waals surface area contributed by atoms with Gasteiger partial charge in [-0.2, -0.15) is 0 Å². The van der Waals surface area contributed by atoms with Crippen LogP contribution in [0, 0.1) is 0 Å². The summed E-state index contributed by atoms with van der Waals surface area (Å²) in [5.41, 5.74) is 26.0. The average molecular weight is 866 g/mol. The lowest BCUT2D eigenvalue weighted by Crippen LogP contribution is -2.36. The number of anilines is 2. The van der Waals surface area contributed by atoms with Crippen molar-refractivity contribution >= 4 is 69.0 Å². The van der Waals surface area contributed by atoms with Crippen molar-refractivity contribution in [1.82, 2.24) is 24.0 Å². The van der Waals surface area contributed by atoms with Gasteiger partial charge in [-0.25, -0.2) is 9.97 Å². The highest BCUT2D eigenvalue weighted by molar-refractivity contribution is 6.47. The van der Waals surface area contributed by atoms with Crippen molar-refractivity contribution in [2.75, 3.05) is 70.3 Å². The van der Waals surface area contributed by atoms with E-state index in [4.69, 9.17) is 42.1 Å². The number of imidazole rings is 2. The second-order valence-electron chi connectivity index (χ2n) is 14.3. The highest BCUT2D eigenvalue weighted by atomic mass is 16.5. The van der Waals surface area contributed by atoms with Crippen LogP contribution in [-0.2, 0) is 27.4 Å². The Balaban J connectivity index is 1.57. The summed E-state index contributed by atoms with van der Waals surface area (Å²) in [6.45, 7) is 11.6. The Morgan fingerprint density at radius 2 is 1.17 bits per heavy atom. The minimum Gasteiger partial charge on any atom is -0.494 e. The smallest absolute Gasteiger partial charge is 0.276 e. The maximum Gasteiger partial charge on any atom is 0.276 e. The Bertz CT molecular complexity index is 2530. The number of aliphatic imine (C=N–C) groups is 2. The first-order chi connectivity index (χ1) is 30.2. The molecule has 0 spiro atoms. The third-order valence-electron chi connectivity index (χ3n) is 9.42. The number of benzene rings is 2. The van der Waals surface area contributed by atoms with Crippen LogP contribution in [0.3, 0.4) is 0 Å². The summed E-state index contributed by atoms with van der Waals surface area (Å²) in [5, 5.41) is 5.68. The molecular weight excluding hydrogens is 811 g/mol. The Morgan fingerprint density at radius 1 is 0.714 bits per heavy atom. The van der Waals surface area contributed by atoms with Gasteiger partial charge in [-0.05, 0) is 64.1 Å². The van der Waals surface area contributed by atoms with Crippen LogP contribution in [0.15, 0.2) is 82.1 Å². The number of ether oxygens (including phenoxy) is 3. The fraction of sp³-hybridized carbons (Fsp3) is 0.349. The number of carbonyl (C=O) groups is 4. The zero-order chi connectivity index (χ0) is 45.6. The predicted octanol–water partition coefficient (Wildman–Crippen LogP) is 2.64. The molecule has 20 nitrogen and oxygen atoms in total. The van der Waals surface area contributed by atoms with Gasteiger partial charge in [0.05, 0.1) is 31.4 Å². The van der Waals surface area contributed by atoms with Crippen LogP contribution in [0.5, 0.6) is 11.5 Å². The van der Waals surface area contributed by atoms with Crippen LogP contribution in [0.2, 0.25) is 0 Å². The predicted molar refractivity (Wildman–Crippen MR) is 243 cm³/mol. The molecule has 1 aliphatic rings. The van der Waals surface area contributed by atoms with Crippen molar-refractivity contribution in [3.8, 4) is 11.5 Å². The Kier molecular flexibility index (Phi) is 16.3. The lowest BCUT2D eigenvalue weighted by Gasteiger charge is -2.25. The van der Waals surface area contributed by atoms with Gasteiger partial charge in [0, 0.05) is 68.3 Å². The molecule has 63 heavy (non-hydrogen) atoms. The van der Waals surface area contributed by atoms with Gasteiger partial charge in [0.25, 0.3) is 11.8 Å². The molecule has 5 rings (SSSR count). The van der Waals surface area contributed by atoms with E-state index in [0.29, 0.717) is 72.1 Å². The lowest BCUT2D eigenvalue weighted by molar-refractivity contribution is -0.111. The second kappa shape index (κ2) is 22.0. The van der Waals surface area contributed by atoms with Crippen LogP contribution < -0.4 is 43.0 Å². The summed E-state index contributed by atoms with van der Waals surface area (Å²) in [7, 11) is 1.44. The summed E-state index contributed by atoms with van der Waals surface area (Å²) in [4.78, 5) is 72.2. The second-order valence-corrected chi connectivity index (χ2v) is 14.3. The van der Waals surface area contributed by atoms with E-state index in [2.05, 4.69) is 30.5 Å². The summed E-state index contributed by atoms with van der Waals surface area (Å²) >= 11 is 0. The van der Waals surface area contributed by atoms with Crippen molar-refractivity contribution in [2.24, 2.45) is 32.9 Å². The van der Waals surface area contributed by atoms with Crippen LogP contribution in [0.25, 0.3) is 22.1 Å². The van der Waals surface area contributed by atoms with Crippen LogP contribution >= 0.6 is 0 Å². The van der Waals surface area contributed by atoms with Crippen molar-refractivity contribution in [3.63, 3.8) is 0 Å². The molecule has 20 heteroatoms. The number of hydrogen-bond donors (Lipinski definition) is 6. The molecule has 1 saturated heterocycles. The standard InChI is InChI=1S/C43H55N13O7/c1-6-48-32(20-26(3)44)40(59)52-42-50-30-22-28(38(46)57)24-34(61-5)36(30)55(42)13-8-9-14-56-37-31(51-43(56)53-41(60)33(49-7-2)21-27(4)45)23-29(39(47)58)25-35(37)63-17-11-10-12-54-15-18-62-19-16-54/h8-11,20-25H,6-7,12-19,44-45H2,1-5H3,(H2,46,57)(H2,47,58)(H,50,52,59)(H,51,53,60)/b9-8+,11-10+,26-20-,27-21-,48-32?,49-33?. The fourth-order valence-electron chi connectivity index (χ4n) is 6.60. The minimum atomic E-state index is -0.693. The topological polar surface area (TPSA) is 288 Å². The molecule has 1 aliphatic heterocycles. The zero-order valence-corrected chi connectivity index (χ0v) is 36.1. The molecule has 3 heterocycles.